The first-order valence-corrected chi connectivity index (χ1v) is 13.8. The molecule has 0 atom stereocenters. The number of rotatable bonds is 3. The summed E-state index contributed by atoms with van der Waals surface area (Å²) in [6.07, 6.45) is 10.8. The van der Waals surface area contributed by atoms with E-state index in [2.05, 4.69) is 130 Å². The summed E-state index contributed by atoms with van der Waals surface area (Å²) in [7, 11) is 0. The summed E-state index contributed by atoms with van der Waals surface area (Å²) < 4.78 is 4.64. The highest BCUT2D eigenvalue weighted by molar-refractivity contribution is 6.09. The number of allylic oxidation sites excluding steroid dienone is 3. The Kier molecular flexibility index (Phi) is 5.05. The largest absolute Gasteiger partial charge is 0.385 e. The highest BCUT2D eigenvalue weighted by Gasteiger charge is 2.23. The highest BCUT2D eigenvalue weighted by Crippen LogP contribution is 2.38. The lowest BCUT2D eigenvalue weighted by Crippen LogP contribution is -2.19. The molecule has 4 aromatic carbocycles. The van der Waals surface area contributed by atoms with Gasteiger partial charge >= 0.3 is 0 Å². The third kappa shape index (κ3) is 3.25. The lowest BCUT2D eigenvalue weighted by Gasteiger charge is -2.22. The molecule has 0 saturated carbocycles. The quantitative estimate of drug-likeness (QED) is 0.260. The Morgan fingerprint density at radius 2 is 1.40 bits per heavy atom. The second kappa shape index (κ2) is 8.90. The lowest BCUT2D eigenvalue weighted by molar-refractivity contribution is 0.913. The topological polar surface area (TPSA) is 45.7 Å². The number of nitrogens with zero attached hydrogens (tertiary/aromatic N) is 3. The molecular weight excluding hydrogens is 488 g/mol. The molecule has 0 spiro atoms. The molecule has 1 aliphatic heterocycles. The van der Waals surface area contributed by atoms with Crippen molar-refractivity contribution in [2.24, 2.45) is 0 Å². The Morgan fingerprint density at radius 1 is 0.725 bits per heavy atom. The van der Waals surface area contributed by atoms with Crippen LogP contribution in [0.2, 0.25) is 0 Å². The first-order chi connectivity index (χ1) is 19.8. The Balaban J connectivity index is 1.36. The van der Waals surface area contributed by atoms with E-state index in [1.54, 1.807) is 0 Å². The Morgan fingerprint density at radius 3 is 2.12 bits per heavy atom. The zero-order valence-corrected chi connectivity index (χ0v) is 21.9. The van der Waals surface area contributed by atoms with Crippen molar-refractivity contribution >= 4 is 50.1 Å². The van der Waals surface area contributed by atoms with Gasteiger partial charge in [-0.2, -0.15) is 5.26 Å². The molecule has 0 saturated heterocycles. The molecular formula is C36H26N4. The van der Waals surface area contributed by atoms with Crippen LogP contribution in [0.1, 0.15) is 28.8 Å². The van der Waals surface area contributed by atoms with Crippen LogP contribution in [-0.2, 0) is 6.42 Å². The van der Waals surface area contributed by atoms with Gasteiger partial charge < -0.3 is 14.5 Å². The Hall–Kier alpha value is -5.27. The van der Waals surface area contributed by atoms with Crippen LogP contribution in [0.25, 0.3) is 55.7 Å². The zero-order chi connectivity index (χ0) is 26.6. The van der Waals surface area contributed by atoms with E-state index in [9.17, 15) is 5.26 Å². The molecule has 1 aliphatic carbocycles. The second-order valence-corrected chi connectivity index (χ2v) is 10.4. The van der Waals surface area contributed by atoms with Crippen LogP contribution in [0, 0.1) is 11.3 Å². The van der Waals surface area contributed by atoms with Crippen LogP contribution >= 0.6 is 0 Å². The third-order valence-electron chi connectivity index (χ3n) is 8.32. The van der Waals surface area contributed by atoms with Gasteiger partial charge in [-0.05, 0) is 72.7 Å². The fourth-order valence-corrected chi connectivity index (χ4v) is 6.60. The normalized spacial score (nSPS) is 14.6. The number of hydrogen-bond acceptors (Lipinski definition) is 2. The molecule has 0 fully saturated rings. The van der Waals surface area contributed by atoms with Gasteiger partial charge in [0.05, 0.1) is 40.0 Å². The van der Waals surface area contributed by atoms with Gasteiger partial charge in [0.2, 0.25) is 0 Å². The van der Waals surface area contributed by atoms with Gasteiger partial charge in [-0.15, -0.1) is 0 Å². The summed E-state index contributed by atoms with van der Waals surface area (Å²) in [5.41, 5.74) is 11.0. The van der Waals surface area contributed by atoms with Crippen LogP contribution in [0.15, 0.2) is 109 Å². The molecule has 8 rings (SSSR count). The minimum absolute atomic E-state index is 0.655. The van der Waals surface area contributed by atoms with Gasteiger partial charge in [0, 0.05) is 27.4 Å². The van der Waals surface area contributed by atoms with Crippen molar-refractivity contribution in [1.29, 1.82) is 5.26 Å². The second-order valence-electron chi connectivity index (χ2n) is 10.4. The molecule has 3 heterocycles. The fraction of sp³-hybridized carbons (Fsp3) is 0.0833. The number of hydrogen-bond donors (Lipinski definition) is 1. The summed E-state index contributed by atoms with van der Waals surface area (Å²) in [5.74, 6) is 0. The standard InChI is InChI=1S/C36H26N4/c37-22-25-21-24(17-18-31(25)39-32-13-5-1-9-27(32)28-10-2-6-14-33(28)39)26-19-20-38-23-36(26)40-34-15-7-3-11-29(34)30-12-4-8-16-35(30)40/h1-3,5-11,13-21,38H,4,12,23H2. The lowest BCUT2D eigenvalue weighted by atomic mass is 9.98. The molecule has 0 bridgehead atoms. The van der Waals surface area contributed by atoms with Crippen molar-refractivity contribution in [2.75, 3.05) is 6.54 Å². The van der Waals surface area contributed by atoms with E-state index in [0.717, 1.165) is 40.7 Å². The number of benzene rings is 4. The summed E-state index contributed by atoms with van der Waals surface area (Å²) >= 11 is 0. The summed E-state index contributed by atoms with van der Waals surface area (Å²) in [6, 6.07) is 34.4. The zero-order valence-electron chi connectivity index (χ0n) is 21.9. The maximum absolute atomic E-state index is 10.4. The number of aromatic nitrogens is 2. The van der Waals surface area contributed by atoms with Crippen molar-refractivity contribution in [3.8, 4) is 11.8 Å². The molecule has 6 aromatic rings. The van der Waals surface area contributed by atoms with Gasteiger partial charge in [0.15, 0.2) is 0 Å². The molecule has 2 aliphatic rings. The van der Waals surface area contributed by atoms with Gasteiger partial charge in [0.25, 0.3) is 0 Å². The number of nitrogens with one attached hydrogen (secondary N) is 1. The average Bonchev–Trinajstić information content (AvgIpc) is 3.54. The summed E-state index contributed by atoms with van der Waals surface area (Å²) in [6.45, 7) is 0.710. The third-order valence-corrected chi connectivity index (χ3v) is 8.32. The number of dihydropyridines is 1. The number of nitriles is 1. The monoisotopic (exact) mass is 514 g/mol. The molecule has 0 radical (unpaired) electrons. The molecule has 2 aromatic heterocycles. The van der Waals surface area contributed by atoms with Crippen LogP contribution in [0.5, 0.6) is 0 Å². The number of aryl methyl sites for hydroxylation is 1. The van der Waals surface area contributed by atoms with Crippen molar-refractivity contribution < 1.29 is 0 Å². The molecule has 40 heavy (non-hydrogen) atoms. The van der Waals surface area contributed by atoms with Crippen LogP contribution in [0.4, 0.5) is 0 Å². The van der Waals surface area contributed by atoms with E-state index in [4.69, 9.17) is 0 Å². The van der Waals surface area contributed by atoms with Crippen molar-refractivity contribution in [3.63, 3.8) is 0 Å². The Bertz CT molecular complexity index is 2070. The average molecular weight is 515 g/mol. The summed E-state index contributed by atoms with van der Waals surface area (Å²) in [5, 5.41) is 17.6. The minimum atomic E-state index is 0.655. The van der Waals surface area contributed by atoms with E-state index in [0.29, 0.717) is 12.1 Å². The maximum Gasteiger partial charge on any atom is 0.101 e. The van der Waals surface area contributed by atoms with E-state index >= 15 is 0 Å². The molecule has 0 unspecified atom stereocenters. The van der Waals surface area contributed by atoms with Crippen LogP contribution in [-0.4, -0.2) is 15.7 Å². The van der Waals surface area contributed by atoms with Crippen LogP contribution in [0.3, 0.4) is 0 Å². The maximum atomic E-state index is 10.4. The Labute approximate surface area is 232 Å². The SMILES string of the molecule is N#Cc1cc(C2=C(n3c4c(c5ccccc53)CCC=C4)CNC=C2)ccc1-n1c2ccccc2c2ccccc21. The molecule has 4 nitrogen and oxygen atoms in total. The summed E-state index contributed by atoms with van der Waals surface area (Å²) in [4.78, 5) is 0. The highest BCUT2D eigenvalue weighted by atomic mass is 15.0. The fourth-order valence-electron chi connectivity index (χ4n) is 6.60. The van der Waals surface area contributed by atoms with Crippen LogP contribution < -0.4 is 5.32 Å². The van der Waals surface area contributed by atoms with Gasteiger partial charge in [-0.25, -0.2) is 0 Å². The first kappa shape index (κ1) is 22.7. The van der Waals surface area contributed by atoms with E-state index in [1.165, 1.54) is 38.6 Å². The van der Waals surface area contributed by atoms with Gasteiger partial charge in [0.1, 0.15) is 6.07 Å². The molecule has 4 heteroatoms. The first-order valence-electron chi connectivity index (χ1n) is 13.8. The van der Waals surface area contributed by atoms with Crippen molar-refractivity contribution in [1.82, 2.24) is 14.5 Å². The van der Waals surface area contributed by atoms with E-state index in [1.807, 2.05) is 6.20 Å². The molecule has 1 N–H and O–H groups in total. The number of fused-ring (bicyclic) bond motifs is 6. The van der Waals surface area contributed by atoms with E-state index in [-0.39, 0.29) is 0 Å². The smallest absolute Gasteiger partial charge is 0.101 e. The van der Waals surface area contributed by atoms with Gasteiger partial charge in [-0.1, -0.05) is 66.7 Å². The predicted molar refractivity (Wildman–Crippen MR) is 165 cm³/mol. The van der Waals surface area contributed by atoms with Gasteiger partial charge in [-0.3, -0.25) is 0 Å². The minimum Gasteiger partial charge on any atom is -0.385 e. The van der Waals surface area contributed by atoms with Crippen molar-refractivity contribution in [2.45, 2.75) is 12.8 Å². The molecule has 0 amide bonds. The molecule has 190 valence electrons. The number of para-hydroxylation sites is 3. The predicted octanol–water partition coefficient (Wildman–Crippen LogP) is 8.05. The van der Waals surface area contributed by atoms with Crippen molar-refractivity contribution in [3.05, 3.63) is 132 Å². The van der Waals surface area contributed by atoms with E-state index < -0.39 is 0 Å².